The second-order valence-electron chi connectivity index (χ2n) is 6.42. The lowest BCUT2D eigenvalue weighted by Crippen LogP contribution is -2.48. The van der Waals surface area contributed by atoms with Crippen LogP contribution in [0, 0.1) is 0 Å². The third-order valence-electron chi connectivity index (χ3n) is 4.49. The lowest BCUT2D eigenvalue weighted by molar-refractivity contribution is -0.153. The predicted octanol–water partition coefficient (Wildman–Crippen LogP) is 4.05. The zero-order chi connectivity index (χ0) is 15.0. The van der Waals surface area contributed by atoms with Crippen LogP contribution < -0.4 is 4.74 Å². The molecule has 1 aromatic heterocycles. The summed E-state index contributed by atoms with van der Waals surface area (Å²) in [4.78, 5) is 12.8. The zero-order valence-corrected chi connectivity index (χ0v) is 13.4. The molecule has 116 valence electrons. The minimum absolute atomic E-state index is 0.0171. The summed E-state index contributed by atoms with van der Waals surface area (Å²) < 4.78 is 12.0. The zero-order valence-electron chi connectivity index (χ0n) is 12.6. The van der Waals surface area contributed by atoms with E-state index >= 15 is 0 Å². The van der Waals surface area contributed by atoms with E-state index in [1.807, 2.05) is 6.07 Å². The molecule has 5 heteroatoms. The second-order valence-corrected chi connectivity index (χ2v) is 7.50. The number of carbonyl (C=O) groups is 1. The Hall–Kier alpha value is -1.07. The summed E-state index contributed by atoms with van der Waals surface area (Å²) in [5, 5.41) is 9.36. The number of hydrogen-bond donors (Lipinski definition) is 1. The Morgan fingerprint density at radius 1 is 1.52 bits per heavy atom. The minimum atomic E-state index is -0.896. The maximum absolute atomic E-state index is 11.4. The van der Waals surface area contributed by atoms with Gasteiger partial charge in [-0.25, -0.2) is 4.79 Å². The molecule has 1 unspecified atom stereocenters. The van der Waals surface area contributed by atoms with Gasteiger partial charge in [0.2, 0.25) is 0 Å². The molecule has 0 aromatic carbocycles. The summed E-state index contributed by atoms with van der Waals surface area (Å²) in [6, 6.07) is 1.90. The van der Waals surface area contributed by atoms with Crippen molar-refractivity contribution in [3.05, 3.63) is 15.8 Å². The molecule has 1 aliphatic heterocycles. The Labute approximate surface area is 129 Å². The first kappa shape index (κ1) is 14.9. The lowest BCUT2D eigenvalue weighted by Gasteiger charge is -2.46. The average molecular weight is 310 g/mol. The van der Waals surface area contributed by atoms with Gasteiger partial charge in [0.15, 0.2) is 4.88 Å². The smallest absolute Gasteiger partial charge is 0.349 e. The van der Waals surface area contributed by atoms with Crippen LogP contribution in [0.3, 0.4) is 0 Å². The highest BCUT2D eigenvalue weighted by Gasteiger charge is 2.43. The molecule has 2 aliphatic rings. The van der Waals surface area contributed by atoms with Gasteiger partial charge in [0.1, 0.15) is 11.9 Å². The molecule has 1 spiro atoms. The van der Waals surface area contributed by atoms with Crippen molar-refractivity contribution in [3.63, 3.8) is 0 Å². The van der Waals surface area contributed by atoms with Crippen LogP contribution in [0.1, 0.15) is 66.4 Å². The van der Waals surface area contributed by atoms with E-state index in [1.54, 1.807) is 0 Å². The molecular weight excluding hydrogens is 288 g/mol. The second kappa shape index (κ2) is 5.61. The van der Waals surface area contributed by atoms with Gasteiger partial charge < -0.3 is 14.6 Å². The largest absolute Gasteiger partial charge is 0.488 e. The predicted molar refractivity (Wildman–Crippen MR) is 81.6 cm³/mol. The first-order chi connectivity index (χ1) is 9.99. The summed E-state index contributed by atoms with van der Waals surface area (Å²) in [6.45, 7) is 4.85. The van der Waals surface area contributed by atoms with Crippen molar-refractivity contribution in [2.75, 3.05) is 6.61 Å². The molecule has 0 amide bonds. The normalized spacial score (nSPS) is 24.0. The van der Waals surface area contributed by atoms with Gasteiger partial charge in [0, 0.05) is 17.7 Å². The van der Waals surface area contributed by atoms with Crippen LogP contribution >= 0.6 is 11.3 Å². The molecule has 1 saturated carbocycles. The summed E-state index contributed by atoms with van der Waals surface area (Å²) in [7, 11) is 0. The topological polar surface area (TPSA) is 55.8 Å². The molecule has 1 aromatic rings. The molecule has 2 heterocycles. The van der Waals surface area contributed by atoms with Gasteiger partial charge in [-0.15, -0.1) is 11.3 Å². The highest BCUT2D eigenvalue weighted by atomic mass is 32.1. The maximum atomic E-state index is 11.4. The molecule has 0 radical (unpaired) electrons. The van der Waals surface area contributed by atoms with Crippen LogP contribution in [0.25, 0.3) is 0 Å². The van der Waals surface area contributed by atoms with E-state index in [0.29, 0.717) is 23.2 Å². The molecule has 1 atom stereocenters. The molecular formula is C16H22O4S. The molecule has 4 nitrogen and oxygen atoms in total. The van der Waals surface area contributed by atoms with Crippen molar-refractivity contribution in [2.45, 2.75) is 63.6 Å². The van der Waals surface area contributed by atoms with E-state index in [4.69, 9.17) is 9.47 Å². The number of rotatable bonds is 4. The number of aromatic carboxylic acids is 1. The van der Waals surface area contributed by atoms with Crippen molar-refractivity contribution in [1.82, 2.24) is 0 Å². The van der Waals surface area contributed by atoms with Crippen molar-refractivity contribution in [3.8, 4) is 5.75 Å². The van der Waals surface area contributed by atoms with E-state index in [9.17, 15) is 9.90 Å². The SMILES string of the molecule is CC(C)c1cc(OC2CCOC3(CCC3)C2)c(C(=O)O)s1. The Balaban J connectivity index is 1.75. The minimum Gasteiger partial charge on any atom is -0.488 e. The Morgan fingerprint density at radius 3 is 2.86 bits per heavy atom. The summed E-state index contributed by atoms with van der Waals surface area (Å²) in [6.07, 6.45) is 5.25. The fraction of sp³-hybridized carbons (Fsp3) is 0.688. The van der Waals surface area contributed by atoms with Crippen LogP contribution in [0.2, 0.25) is 0 Å². The number of ether oxygens (including phenoxy) is 2. The summed E-state index contributed by atoms with van der Waals surface area (Å²) >= 11 is 1.33. The van der Waals surface area contributed by atoms with Crippen LogP contribution in [0.15, 0.2) is 6.07 Å². The highest BCUT2D eigenvalue weighted by molar-refractivity contribution is 7.14. The molecule has 1 saturated heterocycles. The summed E-state index contributed by atoms with van der Waals surface area (Å²) in [5.41, 5.74) is 0.0171. The van der Waals surface area contributed by atoms with Gasteiger partial charge in [-0.1, -0.05) is 13.8 Å². The standard InChI is InChI=1S/C16H22O4S/c1-10(2)13-8-12(14(21-13)15(17)18)20-11-4-7-19-16(9-11)5-3-6-16/h8,10-11H,3-7,9H2,1-2H3,(H,17,18). The van der Waals surface area contributed by atoms with Gasteiger partial charge in [-0.3, -0.25) is 0 Å². The van der Waals surface area contributed by atoms with Crippen LogP contribution in [-0.4, -0.2) is 29.4 Å². The van der Waals surface area contributed by atoms with Crippen LogP contribution in [0.4, 0.5) is 0 Å². The van der Waals surface area contributed by atoms with Crippen LogP contribution in [0.5, 0.6) is 5.75 Å². The number of carboxylic acid groups (broad SMARTS) is 1. The van der Waals surface area contributed by atoms with Gasteiger partial charge in [0.05, 0.1) is 12.2 Å². The van der Waals surface area contributed by atoms with Crippen molar-refractivity contribution < 1.29 is 19.4 Å². The van der Waals surface area contributed by atoms with Crippen LogP contribution in [-0.2, 0) is 4.74 Å². The van der Waals surface area contributed by atoms with Crippen molar-refractivity contribution >= 4 is 17.3 Å². The number of thiophene rings is 1. The van der Waals surface area contributed by atoms with E-state index < -0.39 is 5.97 Å². The van der Waals surface area contributed by atoms with Gasteiger partial charge in [-0.2, -0.15) is 0 Å². The van der Waals surface area contributed by atoms with Crippen molar-refractivity contribution in [2.24, 2.45) is 0 Å². The average Bonchev–Trinajstić information content (AvgIpc) is 2.81. The Bertz CT molecular complexity index is 530. The number of hydrogen-bond acceptors (Lipinski definition) is 4. The van der Waals surface area contributed by atoms with E-state index in [0.717, 1.165) is 30.6 Å². The Kier molecular flexibility index (Phi) is 3.97. The number of carboxylic acids is 1. The quantitative estimate of drug-likeness (QED) is 0.911. The maximum Gasteiger partial charge on any atom is 0.349 e. The molecule has 3 rings (SSSR count). The molecule has 2 fully saturated rings. The van der Waals surface area contributed by atoms with Gasteiger partial charge in [-0.05, 0) is 31.2 Å². The highest BCUT2D eigenvalue weighted by Crippen LogP contribution is 2.44. The van der Waals surface area contributed by atoms with Crippen molar-refractivity contribution in [1.29, 1.82) is 0 Å². The lowest BCUT2D eigenvalue weighted by atomic mass is 9.74. The van der Waals surface area contributed by atoms with Gasteiger partial charge in [0.25, 0.3) is 0 Å². The third kappa shape index (κ3) is 2.94. The third-order valence-corrected chi connectivity index (χ3v) is 5.89. The molecule has 0 bridgehead atoms. The first-order valence-corrected chi connectivity index (χ1v) is 8.48. The summed E-state index contributed by atoms with van der Waals surface area (Å²) in [5.74, 6) is -0.0389. The molecule has 1 N–H and O–H groups in total. The van der Waals surface area contributed by atoms with E-state index in [1.165, 1.54) is 17.8 Å². The van der Waals surface area contributed by atoms with E-state index in [-0.39, 0.29) is 11.7 Å². The first-order valence-electron chi connectivity index (χ1n) is 7.67. The molecule has 1 aliphatic carbocycles. The fourth-order valence-electron chi connectivity index (χ4n) is 3.10. The Morgan fingerprint density at radius 2 is 2.29 bits per heavy atom. The van der Waals surface area contributed by atoms with E-state index in [2.05, 4.69) is 13.8 Å². The fourth-order valence-corrected chi connectivity index (χ4v) is 4.03. The van der Waals surface area contributed by atoms with Gasteiger partial charge >= 0.3 is 5.97 Å². The molecule has 21 heavy (non-hydrogen) atoms. The monoisotopic (exact) mass is 310 g/mol.